The van der Waals surface area contributed by atoms with Crippen LogP contribution in [0.25, 0.3) is 0 Å². The summed E-state index contributed by atoms with van der Waals surface area (Å²) in [6.45, 7) is 8.37. The SMILES string of the molecule is COC(=O)C[C@@H]1CCNC[C@H]1NC(C)(C)C. The van der Waals surface area contributed by atoms with E-state index < -0.39 is 0 Å². The first-order valence-electron chi connectivity index (χ1n) is 5.97. The third-order valence-corrected chi connectivity index (χ3v) is 2.90. The largest absolute Gasteiger partial charge is 0.469 e. The van der Waals surface area contributed by atoms with E-state index in [1.54, 1.807) is 0 Å². The number of methoxy groups -OCH3 is 1. The molecule has 1 aliphatic rings. The molecule has 4 heteroatoms. The molecule has 0 aromatic carbocycles. The van der Waals surface area contributed by atoms with E-state index in [1.807, 2.05) is 0 Å². The van der Waals surface area contributed by atoms with Crippen molar-refractivity contribution >= 4 is 5.97 Å². The molecule has 1 rings (SSSR count). The second-order valence-electron chi connectivity index (χ2n) is 5.53. The summed E-state index contributed by atoms with van der Waals surface area (Å²) in [5.74, 6) is 0.278. The summed E-state index contributed by atoms with van der Waals surface area (Å²) in [6.07, 6.45) is 1.55. The van der Waals surface area contributed by atoms with Crippen LogP contribution in [0.2, 0.25) is 0 Å². The van der Waals surface area contributed by atoms with Gasteiger partial charge >= 0.3 is 5.97 Å². The highest BCUT2D eigenvalue weighted by atomic mass is 16.5. The van der Waals surface area contributed by atoms with E-state index in [9.17, 15) is 4.79 Å². The Balaban J connectivity index is 2.53. The van der Waals surface area contributed by atoms with E-state index in [4.69, 9.17) is 4.74 Å². The number of carbonyl (C=O) groups is 1. The monoisotopic (exact) mass is 228 g/mol. The van der Waals surface area contributed by atoms with Crippen LogP contribution in [0.4, 0.5) is 0 Å². The predicted octanol–water partition coefficient (Wildman–Crippen LogP) is 0.916. The Kier molecular flexibility index (Phi) is 4.74. The maximum atomic E-state index is 11.3. The number of hydrogen-bond donors (Lipinski definition) is 2. The molecule has 4 nitrogen and oxygen atoms in total. The normalized spacial score (nSPS) is 26.5. The van der Waals surface area contributed by atoms with Gasteiger partial charge in [0.05, 0.1) is 7.11 Å². The molecule has 2 N–H and O–H groups in total. The first-order valence-corrected chi connectivity index (χ1v) is 5.97. The zero-order valence-electron chi connectivity index (χ0n) is 10.8. The maximum absolute atomic E-state index is 11.3. The van der Waals surface area contributed by atoms with Gasteiger partial charge in [0.15, 0.2) is 0 Å². The lowest BCUT2D eigenvalue weighted by molar-refractivity contribution is -0.142. The van der Waals surface area contributed by atoms with E-state index in [1.165, 1.54) is 7.11 Å². The number of ether oxygens (including phenoxy) is 1. The summed E-state index contributed by atoms with van der Waals surface area (Å²) >= 11 is 0. The summed E-state index contributed by atoms with van der Waals surface area (Å²) in [5.41, 5.74) is 0.0814. The van der Waals surface area contributed by atoms with E-state index in [2.05, 4.69) is 31.4 Å². The van der Waals surface area contributed by atoms with E-state index in [0.29, 0.717) is 18.4 Å². The van der Waals surface area contributed by atoms with E-state index in [0.717, 1.165) is 19.5 Å². The molecule has 2 atom stereocenters. The molecular formula is C12H24N2O2. The average molecular weight is 228 g/mol. The number of carbonyl (C=O) groups excluding carboxylic acids is 1. The molecule has 1 aliphatic heterocycles. The van der Waals surface area contributed by atoms with Gasteiger partial charge in [0.25, 0.3) is 0 Å². The topological polar surface area (TPSA) is 50.4 Å². The Morgan fingerprint density at radius 3 is 2.75 bits per heavy atom. The Labute approximate surface area is 98.1 Å². The smallest absolute Gasteiger partial charge is 0.305 e. The van der Waals surface area contributed by atoms with Crippen LogP contribution >= 0.6 is 0 Å². The molecule has 0 saturated carbocycles. The maximum Gasteiger partial charge on any atom is 0.305 e. The molecule has 0 unspecified atom stereocenters. The predicted molar refractivity (Wildman–Crippen MR) is 64.3 cm³/mol. The minimum Gasteiger partial charge on any atom is -0.469 e. The van der Waals surface area contributed by atoms with E-state index >= 15 is 0 Å². The van der Waals surface area contributed by atoms with Gasteiger partial charge in [0.2, 0.25) is 0 Å². The van der Waals surface area contributed by atoms with Crippen LogP contribution in [0.1, 0.15) is 33.6 Å². The van der Waals surface area contributed by atoms with Gasteiger partial charge in [-0.3, -0.25) is 4.79 Å². The molecule has 16 heavy (non-hydrogen) atoms. The minimum absolute atomic E-state index is 0.0814. The van der Waals surface area contributed by atoms with Crippen molar-refractivity contribution in [2.75, 3.05) is 20.2 Å². The fraction of sp³-hybridized carbons (Fsp3) is 0.917. The van der Waals surface area contributed by atoms with Crippen LogP contribution in [-0.4, -0.2) is 37.7 Å². The van der Waals surface area contributed by atoms with Crippen LogP contribution in [-0.2, 0) is 9.53 Å². The second kappa shape index (κ2) is 5.64. The van der Waals surface area contributed by atoms with Gasteiger partial charge in [-0.15, -0.1) is 0 Å². The number of piperidine rings is 1. The molecule has 1 fully saturated rings. The van der Waals surface area contributed by atoms with Crippen LogP contribution in [0.3, 0.4) is 0 Å². The second-order valence-corrected chi connectivity index (χ2v) is 5.53. The summed E-state index contributed by atoms with van der Waals surface area (Å²) in [5, 5.41) is 6.93. The standard InChI is InChI=1S/C12H24N2O2/c1-12(2,3)14-10-8-13-6-5-9(10)7-11(15)16-4/h9-10,13-14H,5-8H2,1-4H3/t9-,10+/m0/s1. The zero-order chi connectivity index (χ0) is 12.2. The number of hydrogen-bond acceptors (Lipinski definition) is 4. The Morgan fingerprint density at radius 2 is 2.19 bits per heavy atom. The average Bonchev–Trinajstić information content (AvgIpc) is 2.18. The number of rotatable bonds is 3. The lowest BCUT2D eigenvalue weighted by Gasteiger charge is -2.37. The van der Waals surface area contributed by atoms with E-state index in [-0.39, 0.29) is 11.5 Å². The molecule has 0 spiro atoms. The highest BCUT2D eigenvalue weighted by Crippen LogP contribution is 2.19. The van der Waals surface area contributed by atoms with Gasteiger partial charge < -0.3 is 15.4 Å². The van der Waals surface area contributed by atoms with Crippen molar-refractivity contribution in [1.29, 1.82) is 0 Å². The van der Waals surface area contributed by atoms with Crippen molar-refractivity contribution in [3.8, 4) is 0 Å². The molecule has 1 heterocycles. The summed E-state index contributed by atoms with van der Waals surface area (Å²) < 4.78 is 4.74. The van der Waals surface area contributed by atoms with Gasteiger partial charge in [0.1, 0.15) is 0 Å². The van der Waals surface area contributed by atoms with Crippen molar-refractivity contribution in [1.82, 2.24) is 10.6 Å². The molecule has 0 radical (unpaired) electrons. The quantitative estimate of drug-likeness (QED) is 0.705. The molecule has 94 valence electrons. The molecule has 0 aliphatic carbocycles. The highest BCUT2D eigenvalue weighted by molar-refractivity contribution is 5.69. The van der Waals surface area contributed by atoms with Crippen molar-refractivity contribution < 1.29 is 9.53 Å². The first kappa shape index (κ1) is 13.5. The fourth-order valence-electron chi connectivity index (χ4n) is 2.18. The van der Waals surface area contributed by atoms with Gasteiger partial charge in [-0.25, -0.2) is 0 Å². The lowest BCUT2D eigenvalue weighted by atomic mass is 9.88. The fourth-order valence-corrected chi connectivity index (χ4v) is 2.18. The third-order valence-electron chi connectivity index (χ3n) is 2.90. The van der Waals surface area contributed by atoms with Gasteiger partial charge in [-0.05, 0) is 39.7 Å². The van der Waals surface area contributed by atoms with Crippen LogP contribution in [0, 0.1) is 5.92 Å². The summed E-state index contributed by atoms with van der Waals surface area (Å²) in [7, 11) is 1.45. The van der Waals surface area contributed by atoms with Crippen molar-refractivity contribution in [2.45, 2.75) is 45.2 Å². The molecule has 0 aromatic heterocycles. The van der Waals surface area contributed by atoms with Gasteiger partial charge in [-0.1, -0.05) is 0 Å². The Bertz CT molecular complexity index is 236. The lowest BCUT2D eigenvalue weighted by Crippen LogP contribution is -2.55. The molecule has 1 saturated heterocycles. The molecule has 0 aromatic rings. The number of esters is 1. The van der Waals surface area contributed by atoms with Crippen LogP contribution in [0.5, 0.6) is 0 Å². The Hall–Kier alpha value is -0.610. The van der Waals surface area contributed by atoms with Crippen molar-refractivity contribution in [2.24, 2.45) is 5.92 Å². The highest BCUT2D eigenvalue weighted by Gasteiger charge is 2.29. The van der Waals surface area contributed by atoms with Crippen LogP contribution < -0.4 is 10.6 Å². The number of nitrogens with one attached hydrogen (secondary N) is 2. The minimum atomic E-state index is -0.104. The van der Waals surface area contributed by atoms with Crippen molar-refractivity contribution in [3.63, 3.8) is 0 Å². The molecule has 0 bridgehead atoms. The van der Waals surface area contributed by atoms with Gasteiger partial charge in [0, 0.05) is 24.5 Å². The van der Waals surface area contributed by atoms with Crippen LogP contribution in [0.15, 0.2) is 0 Å². The first-order chi connectivity index (χ1) is 7.42. The summed E-state index contributed by atoms with van der Waals surface area (Å²) in [6, 6.07) is 0.354. The third kappa shape index (κ3) is 4.49. The molecular weight excluding hydrogens is 204 g/mol. The zero-order valence-corrected chi connectivity index (χ0v) is 10.8. The summed E-state index contributed by atoms with van der Waals surface area (Å²) in [4.78, 5) is 11.3. The van der Waals surface area contributed by atoms with Gasteiger partial charge in [-0.2, -0.15) is 0 Å². The van der Waals surface area contributed by atoms with Crippen molar-refractivity contribution in [3.05, 3.63) is 0 Å². The molecule has 0 amide bonds. The Morgan fingerprint density at radius 1 is 1.50 bits per heavy atom.